The molecule has 1 aliphatic rings. The van der Waals surface area contributed by atoms with Gasteiger partial charge in [-0.25, -0.2) is 0 Å². The molecule has 0 fully saturated rings. The zero-order chi connectivity index (χ0) is 26.1. The molecule has 0 saturated heterocycles. The number of nitrogens with zero attached hydrogens (tertiary/aromatic N) is 2. The van der Waals surface area contributed by atoms with Gasteiger partial charge in [-0.05, 0) is 35.4 Å². The first-order valence-corrected chi connectivity index (χ1v) is 10.6. The van der Waals surface area contributed by atoms with Crippen LogP contribution in [0.5, 0.6) is 5.75 Å². The second-order valence-corrected chi connectivity index (χ2v) is 8.06. The maximum atomic E-state index is 13.5. The molecule has 0 saturated carbocycles. The number of rotatable bonds is 6. The lowest BCUT2D eigenvalue weighted by Gasteiger charge is -2.44. The summed E-state index contributed by atoms with van der Waals surface area (Å²) in [5.41, 5.74) is 0.509. The number of carbonyl (C=O) groups excluding carboxylic acids is 1. The first-order valence-electron chi connectivity index (χ1n) is 10.6. The average molecular weight is 511 g/mol. The third kappa shape index (κ3) is 5.70. The van der Waals surface area contributed by atoms with Crippen LogP contribution in [-0.2, 0) is 0 Å². The van der Waals surface area contributed by atoms with Crippen molar-refractivity contribution in [1.29, 1.82) is 0 Å². The quantitative estimate of drug-likeness (QED) is 0.349. The predicted molar refractivity (Wildman–Crippen MR) is 116 cm³/mol. The molecular formula is C24H19F6N3O3. The van der Waals surface area contributed by atoms with E-state index < -0.39 is 48.9 Å². The number of carbonyl (C=O) groups is 1. The van der Waals surface area contributed by atoms with E-state index in [-0.39, 0.29) is 22.4 Å². The molecule has 190 valence electrons. The molecule has 2 aromatic carbocycles. The maximum Gasteiger partial charge on any atom is 0.573 e. The summed E-state index contributed by atoms with van der Waals surface area (Å²) in [6, 6.07) is 12.3. The Morgan fingerprint density at radius 2 is 1.78 bits per heavy atom. The maximum absolute atomic E-state index is 13.5. The molecule has 1 aliphatic heterocycles. The Balaban J connectivity index is 1.77. The van der Waals surface area contributed by atoms with Crippen LogP contribution in [0.15, 0.2) is 73.1 Å². The van der Waals surface area contributed by atoms with Crippen molar-refractivity contribution in [1.82, 2.24) is 9.88 Å². The summed E-state index contributed by atoms with van der Waals surface area (Å²) in [6.07, 6.45) is -8.60. The van der Waals surface area contributed by atoms with E-state index in [1.165, 1.54) is 54.9 Å². The number of hydrogen-bond acceptors (Lipinski definition) is 5. The second kappa shape index (κ2) is 9.69. The summed E-state index contributed by atoms with van der Waals surface area (Å²) in [5.74, 6) is -2.57. The highest BCUT2D eigenvalue weighted by atomic mass is 19.4. The van der Waals surface area contributed by atoms with Crippen LogP contribution in [0.1, 0.15) is 33.4 Å². The molecule has 0 bridgehead atoms. The van der Waals surface area contributed by atoms with Gasteiger partial charge >= 0.3 is 12.5 Å². The monoisotopic (exact) mass is 511 g/mol. The lowest BCUT2D eigenvalue weighted by atomic mass is 9.79. The molecule has 0 spiro atoms. The molecule has 2 heterocycles. The Morgan fingerprint density at radius 1 is 1.03 bits per heavy atom. The number of fused-ring (bicyclic) bond motifs is 1. The van der Waals surface area contributed by atoms with Gasteiger partial charge in [0, 0.05) is 29.7 Å². The van der Waals surface area contributed by atoms with Crippen molar-refractivity contribution < 1.29 is 41.0 Å². The van der Waals surface area contributed by atoms with Crippen LogP contribution >= 0.6 is 0 Å². The van der Waals surface area contributed by atoms with E-state index >= 15 is 0 Å². The predicted octanol–water partition coefficient (Wildman–Crippen LogP) is 5.25. The molecule has 1 unspecified atom stereocenters. The number of aliphatic hydroxyl groups is 1. The minimum Gasteiger partial charge on any atom is -0.406 e. The molecule has 0 aliphatic carbocycles. The Kier molecular flexibility index (Phi) is 6.81. The van der Waals surface area contributed by atoms with Crippen molar-refractivity contribution in [3.05, 3.63) is 89.7 Å². The summed E-state index contributed by atoms with van der Waals surface area (Å²) < 4.78 is 82.4. The Bertz CT molecular complexity index is 1220. The third-order valence-corrected chi connectivity index (χ3v) is 5.59. The number of hydrogen-bond donors (Lipinski definition) is 2. The Labute approximate surface area is 201 Å². The summed E-state index contributed by atoms with van der Waals surface area (Å²) in [6.45, 7) is -1.59. The van der Waals surface area contributed by atoms with Gasteiger partial charge in [0.05, 0.1) is 12.0 Å². The number of benzene rings is 2. The molecule has 36 heavy (non-hydrogen) atoms. The van der Waals surface area contributed by atoms with Crippen molar-refractivity contribution in [3.63, 3.8) is 0 Å². The van der Waals surface area contributed by atoms with Crippen molar-refractivity contribution in [2.24, 2.45) is 0 Å². The number of alkyl halides is 6. The second-order valence-electron chi connectivity index (χ2n) is 8.06. The van der Waals surface area contributed by atoms with Gasteiger partial charge < -0.3 is 20.1 Å². The number of anilines is 1. The standard InChI is InChI=1S/C24H19F6N3O3/c25-23(26,27)13-33-20(14-5-4-10-31-12-14)19(17-8-1-2-9-18(17)22(33)35)21(34)32-15-6-3-7-16(11-15)36-24(28,29)30/h1-12,19-21,32,34H,13H2/t19-,20+,21?/m0/s1. The highest BCUT2D eigenvalue weighted by Gasteiger charge is 2.47. The van der Waals surface area contributed by atoms with Crippen molar-refractivity contribution in [2.75, 3.05) is 11.9 Å². The minimum absolute atomic E-state index is 0.0194. The van der Waals surface area contributed by atoms with Crippen LogP contribution in [0.4, 0.5) is 32.0 Å². The average Bonchev–Trinajstić information content (AvgIpc) is 2.79. The van der Waals surface area contributed by atoms with Gasteiger partial charge in [-0.15, -0.1) is 13.2 Å². The number of nitrogens with one attached hydrogen (secondary N) is 1. The van der Waals surface area contributed by atoms with Gasteiger partial charge in [0.15, 0.2) is 0 Å². The van der Waals surface area contributed by atoms with Crippen LogP contribution in [0.25, 0.3) is 0 Å². The molecule has 3 atom stereocenters. The summed E-state index contributed by atoms with van der Waals surface area (Å²) in [7, 11) is 0. The Hall–Kier alpha value is -3.80. The first kappa shape index (κ1) is 25.3. The van der Waals surface area contributed by atoms with Gasteiger partial charge in [-0.2, -0.15) is 13.2 Å². The molecule has 1 amide bonds. The topological polar surface area (TPSA) is 74.7 Å². The van der Waals surface area contributed by atoms with Gasteiger partial charge in [-0.3, -0.25) is 9.78 Å². The van der Waals surface area contributed by atoms with Gasteiger partial charge in [0.2, 0.25) is 0 Å². The fraction of sp³-hybridized carbons (Fsp3) is 0.250. The van der Waals surface area contributed by atoms with Crippen molar-refractivity contribution in [3.8, 4) is 5.75 Å². The van der Waals surface area contributed by atoms with Crippen LogP contribution in [-0.4, -0.2) is 46.2 Å². The van der Waals surface area contributed by atoms with Gasteiger partial charge in [0.1, 0.15) is 18.5 Å². The molecule has 4 rings (SSSR count). The van der Waals surface area contributed by atoms with E-state index in [1.54, 1.807) is 6.07 Å². The lowest BCUT2D eigenvalue weighted by Crippen LogP contribution is -2.50. The van der Waals surface area contributed by atoms with Crippen LogP contribution in [0, 0.1) is 0 Å². The summed E-state index contributed by atoms with van der Waals surface area (Å²) in [4.78, 5) is 17.7. The largest absolute Gasteiger partial charge is 0.573 e. The van der Waals surface area contributed by atoms with E-state index in [4.69, 9.17) is 0 Å². The van der Waals surface area contributed by atoms with Gasteiger partial charge in [0.25, 0.3) is 5.91 Å². The van der Waals surface area contributed by atoms with E-state index in [0.29, 0.717) is 4.90 Å². The van der Waals surface area contributed by atoms with E-state index in [0.717, 1.165) is 12.1 Å². The van der Waals surface area contributed by atoms with E-state index in [2.05, 4.69) is 15.0 Å². The smallest absolute Gasteiger partial charge is 0.406 e. The lowest BCUT2D eigenvalue weighted by molar-refractivity contribution is -0.274. The summed E-state index contributed by atoms with van der Waals surface area (Å²) in [5, 5.41) is 13.9. The SMILES string of the molecule is O=C1c2ccccc2[C@H](C(O)Nc2cccc(OC(F)(F)F)c2)[C@@H](c2cccnc2)N1CC(F)(F)F. The third-order valence-electron chi connectivity index (χ3n) is 5.59. The minimum atomic E-state index is -4.94. The molecule has 6 nitrogen and oxygen atoms in total. The number of amides is 1. The molecular weight excluding hydrogens is 492 g/mol. The molecule has 3 aromatic rings. The van der Waals surface area contributed by atoms with Gasteiger partial charge in [-0.1, -0.05) is 30.3 Å². The van der Waals surface area contributed by atoms with E-state index in [1.807, 2.05) is 0 Å². The zero-order valence-electron chi connectivity index (χ0n) is 18.3. The Morgan fingerprint density at radius 3 is 2.44 bits per heavy atom. The number of aromatic nitrogens is 1. The normalized spacial score (nSPS) is 19.0. The summed E-state index contributed by atoms with van der Waals surface area (Å²) >= 11 is 0. The highest BCUT2D eigenvalue weighted by Crippen LogP contribution is 2.45. The van der Waals surface area contributed by atoms with Crippen LogP contribution in [0.3, 0.4) is 0 Å². The highest BCUT2D eigenvalue weighted by molar-refractivity contribution is 5.97. The van der Waals surface area contributed by atoms with Crippen LogP contribution < -0.4 is 10.1 Å². The number of aliphatic hydroxyl groups excluding tert-OH is 1. The zero-order valence-corrected chi connectivity index (χ0v) is 18.3. The number of halogens is 6. The molecule has 0 radical (unpaired) electrons. The van der Waals surface area contributed by atoms with Crippen LogP contribution in [0.2, 0.25) is 0 Å². The first-order chi connectivity index (χ1) is 16.9. The fourth-order valence-corrected chi connectivity index (χ4v) is 4.32. The number of pyridine rings is 1. The van der Waals surface area contributed by atoms with E-state index in [9.17, 15) is 36.2 Å². The molecule has 1 aromatic heterocycles. The fourth-order valence-electron chi connectivity index (χ4n) is 4.32. The number of ether oxygens (including phenoxy) is 1. The molecule has 2 N–H and O–H groups in total. The van der Waals surface area contributed by atoms with Crippen molar-refractivity contribution in [2.45, 2.75) is 30.7 Å². The molecule has 12 heteroatoms. The van der Waals surface area contributed by atoms with Crippen molar-refractivity contribution >= 4 is 11.6 Å².